The highest BCUT2D eigenvalue weighted by molar-refractivity contribution is 7.59. The molecule has 1 fully saturated rings. The average Bonchev–Trinajstić information content (AvgIpc) is 2.44. The molecule has 0 aromatic rings. The van der Waals surface area contributed by atoms with Gasteiger partial charge in [-0.1, -0.05) is 13.8 Å². The van der Waals surface area contributed by atoms with Crippen LogP contribution in [0.2, 0.25) is 0 Å². The predicted molar refractivity (Wildman–Crippen MR) is 73.2 cm³/mol. The number of hydrogen-bond acceptors (Lipinski definition) is 4. The summed E-state index contributed by atoms with van der Waals surface area (Å²) in [5.74, 6) is -0.525. The Bertz CT molecular complexity index is 433. The Morgan fingerprint density at radius 2 is 1.84 bits per heavy atom. The van der Waals surface area contributed by atoms with Crippen LogP contribution in [-0.2, 0) is 18.2 Å². The molecule has 8 heteroatoms. The lowest BCUT2D eigenvalue weighted by atomic mass is 9.84. The summed E-state index contributed by atoms with van der Waals surface area (Å²) in [4.78, 5) is 19.2. The topological polar surface area (TPSA) is 93.1 Å². The molecule has 0 aliphatic carbocycles. The van der Waals surface area contributed by atoms with Crippen molar-refractivity contribution in [3.63, 3.8) is 0 Å². The molecule has 19 heavy (non-hydrogen) atoms. The SMILES string of the molecule is CCOP1(=O)OC(C)(P(=O)(O)O)C(CC)C1(C)CC. The molecule has 1 aliphatic rings. The minimum Gasteiger partial charge on any atom is -0.322 e. The Kier molecular flexibility index (Phi) is 4.79. The van der Waals surface area contributed by atoms with Gasteiger partial charge in [-0.3, -0.25) is 13.7 Å². The standard InChI is InChI=1S/C11H24O6P2/c1-6-9-10(4,7-2)19(15,16-8-3)17-11(9,5)18(12,13)14/h9H,6-8H2,1-5H3,(H2,12,13,14). The smallest absolute Gasteiger partial charge is 0.322 e. The maximum Gasteiger partial charge on any atom is 0.357 e. The van der Waals surface area contributed by atoms with E-state index in [0.717, 1.165) is 0 Å². The van der Waals surface area contributed by atoms with Gasteiger partial charge in [0.1, 0.15) is 0 Å². The highest BCUT2D eigenvalue weighted by Gasteiger charge is 2.71. The zero-order valence-corrected chi connectivity index (χ0v) is 13.9. The maximum absolute atomic E-state index is 12.9. The third-order valence-corrected chi connectivity index (χ3v) is 9.13. The minimum atomic E-state index is -4.57. The summed E-state index contributed by atoms with van der Waals surface area (Å²) in [5.41, 5.74) is 0. The quantitative estimate of drug-likeness (QED) is 0.756. The summed E-state index contributed by atoms with van der Waals surface area (Å²) < 4.78 is 35.5. The largest absolute Gasteiger partial charge is 0.357 e. The Morgan fingerprint density at radius 3 is 2.16 bits per heavy atom. The third-order valence-electron chi connectivity index (χ3n) is 4.33. The second-order valence-electron chi connectivity index (χ2n) is 5.28. The lowest BCUT2D eigenvalue weighted by Gasteiger charge is -2.35. The third kappa shape index (κ3) is 2.37. The summed E-state index contributed by atoms with van der Waals surface area (Å²) in [5, 5.41) is -2.63. The fraction of sp³-hybridized carbons (Fsp3) is 1.00. The van der Waals surface area contributed by atoms with Gasteiger partial charge in [-0.15, -0.1) is 0 Å². The number of rotatable bonds is 5. The van der Waals surface area contributed by atoms with E-state index in [-0.39, 0.29) is 6.61 Å². The van der Waals surface area contributed by atoms with Gasteiger partial charge in [0.2, 0.25) is 0 Å². The molecule has 0 radical (unpaired) electrons. The van der Waals surface area contributed by atoms with Crippen LogP contribution in [0.4, 0.5) is 0 Å². The first-order valence-electron chi connectivity index (χ1n) is 6.53. The van der Waals surface area contributed by atoms with E-state index in [9.17, 15) is 18.9 Å². The monoisotopic (exact) mass is 314 g/mol. The van der Waals surface area contributed by atoms with E-state index in [2.05, 4.69) is 0 Å². The summed E-state index contributed by atoms with van der Waals surface area (Å²) in [6.45, 7) is 8.60. The van der Waals surface area contributed by atoms with Gasteiger partial charge >= 0.3 is 15.2 Å². The summed E-state index contributed by atoms with van der Waals surface area (Å²) in [6, 6.07) is 0. The lowest BCUT2D eigenvalue weighted by molar-refractivity contribution is 0.0899. The second-order valence-corrected chi connectivity index (χ2v) is 9.71. The lowest BCUT2D eigenvalue weighted by Crippen LogP contribution is -2.40. The predicted octanol–water partition coefficient (Wildman–Crippen LogP) is 3.34. The van der Waals surface area contributed by atoms with E-state index in [1.807, 2.05) is 13.8 Å². The first-order chi connectivity index (χ1) is 8.52. The molecular weight excluding hydrogens is 290 g/mol. The second kappa shape index (κ2) is 5.25. The average molecular weight is 314 g/mol. The van der Waals surface area contributed by atoms with Crippen molar-refractivity contribution in [1.29, 1.82) is 0 Å². The zero-order valence-electron chi connectivity index (χ0n) is 12.1. The molecule has 1 aliphatic heterocycles. The van der Waals surface area contributed by atoms with Crippen LogP contribution in [0.1, 0.15) is 47.5 Å². The normalized spacial score (nSPS) is 43.6. The fourth-order valence-corrected chi connectivity index (χ4v) is 7.47. The molecule has 4 atom stereocenters. The van der Waals surface area contributed by atoms with Crippen molar-refractivity contribution in [3.8, 4) is 0 Å². The van der Waals surface area contributed by atoms with Gasteiger partial charge in [0.25, 0.3) is 0 Å². The van der Waals surface area contributed by atoms with Crippen LogP contribution >= 0.6 is 15.2 Å². The highest BCUT2D eigenvalue weighted by atomic mass is 31.2. The molecule has 114 valence electrons. The first kappa shape index (κ1) is 17.4. The molecule has 0 saturated carbocycles. The number of hydrogen-bond donors (Lipinski definition) is 2. The Hall–Kier alpha value is 0.300. The van der Waals surface area contributed by atoms with E-state index < -0.39 is 31.6 Å². The van der Waals surface area contributed by atoms with E-state index in [1.54, 1.807) is 13.8 Å². The van der Waals surface area contributed by atoms with Crippen LogP contribution in [0.3, 0.4) is 0 Å². The molecule has 4 unspecified atom stereocenters. The molecular formula is C11H24O6P2. The molecule has 0 aromatic heterocycles. The summed E-state index contributed by atoms with van der Waals surface area (Å²) in [6.07, 6.45) is 0.932. The van der Waals surface area contributed by atoms with Crippen molar-refractivity contribution in [2.24, 2.45) is 5.92 Å². The zero-order chi connectivity index (χ0) is 15.1. The van der Waals surface area contributed by atoms with Gasteiger partial charge in [0, 0.05) is 5.92 Å². The van der Waals surface area contributed by atoms with Crippen molar-refractivity contribution in [1.82, 2.24) is 0 Å². The molecule has 0 bridgehead atoms. The van der Waals surface area contributed by atoms with Gasteiger partial charge < -0.3 is 14.3 Å². The van der Waals surface area contributed by atoms with Crippen LogP contribution in [0.15, 0.2) is 0 Å². The molecule has 0 aromatic carbocycles. The van der Waals surface area contributed by atoms with Crippen LogP contribution in [0.25, 0.3) is 0 Å². The van der Waals surface area contributed by atoms with Gasteiger partial charge in [0.15, 0.2) is 5.34 Å². The summed E-state index contributed by atoms with van der Waals surface area (Å²) >= 11 is 0. The van der Waals surface area contributed by atoms with Gasteiger partial charge in [-0.2, -0.15) is 0 Å². The Morgan fingerprint density at radius 1 is 1.32 bits per heavy atom. The van der Waals surface area contributed by atoms with Crippen LogP contribution in [-0.4, -0.2) is 26.9 Å². The van der Waals surface area contributed by atoms with Crippen LogP contribution < -0.4 is 0 Å². The van der Waals surface area contributed by atoms with Crippen molar-refractivity contribution < 1.29 is 28.0 Å². The Labute approximate surface area is 114 Å². The molecule has 2 N–H and O–H groups in total. The molecule has 6 nitrogen and oxygen atoms in total. The van der Waals surface area contributed by atoms with Crippen molar-refractivity contribution in [2.75, 3.05) is 6.61 Å². The van der Waals surface area contributed by atoms with Gasteiger partial charge in [-0.05, 0) is 33.6 Å². The van der Waals surface area contributed by atoms with Crippen molar-refractivity contribution >= 4 is 15.2 Å². The molecule has 0 amide bonds. The van der Waals surface area contributed by atoms with Crippen molar-refractivity contribution in [2.45, 2.75) is 58.0 Å². The van der Waals surface area contributed by atoms with Crippen molar-refractivity contribution in [3.05, 3.63) is 0 Å². The van der Waals surface area contributed by atoms with E-state index in [4.69, 9.17) is 9.05 Å². The van der Waals surface area contributed by atoms with Gasteiger partial charge in [0.05, 0.1) is 11.8 Å². The minimum absolute atomic E-state index is 0.181. The fourth-order valence-electron chi connectivity index (χ4n) is 3.04. The molecule has 1 heterocycles. The maximum atomic E-state index is 12.9. The molecule has 1 rings (SSSR count). The summed E-state index contributed by atoms with van der Waals surface area (Å²) in [7, 11) is -8.14. The highest BCUT2D eigenvalue weighted by Crippen LogP contribution is 2.80. The Balaban J connectivity index is 3.45. The van der Waals surface area contributed by atoms with Crippen LogP contribution in [0, 0.1) is 5.92 Å². The van der Waals surface area contributed by atoms with Gasteiger partial charge in [-0.25, -0.2) is 0 Å². The van der Waals surface area contributed by atoms with Crippen LogP contribution in [0.5, 0.6) is 0 Å². The first-order valence-corrected chi connectivity index (χ1v) is 9.69. The van der Waals surface area contributed by atoms with E-state index in [1.165, 1.54) is 6.92 Å². The molecule has 1 saturated heterocycles. The molecule has 0 spiro atoms. The van der Waals surface area contributed by atoms with E-state index >= 15 is 0 Å². The van der Waals surface area contributed by atoms with E-state index in [0.29, 0.717) is 12.8 Å².